The Bertz CT molecular complexity index is 989. The first-order valence-electron chi connectivity index (χ1n) is 9.13. The van der Waals surface area contributed by atoms with Crippen molar-refractivity contribution in [3.8, 4) is 11.4 Å². The van der Waals surface area contributed by atoms with Gasteiger partial charge in [-0.05, 0) is 49.1 Å². The average molecular weight is 390 g/mol. The molecule has 1 aliphatic heterocycles. The summed E-state index contributed by atoms with van der Waals surface area (Å²) in [7, 11) is 0. The van der Waals surface area contributed by atoms with Crippen LogP contribution in [0.3, 0.4) is 0 Å². The number of hydrogen-bond acceptors (Lipinski definition) is 5. The molecule has 6 nitrogen and oxygen atoms in total. The lowest BCUT2D eigenvalue weighted by atomic mass is 9.80. The first-order valence-corrected chi connectivity index (χ1v) is 9.13. The molecule has 28 heavy (non-hydrogen) atoms. The molecule has 0 unspecified atom stereocenters. The molecule has 0 aromatic carbocycles. The molecule has 3 N–H and O–H groups in total. The van der Waals surface area contributed by atoms with E-state index in [1.807, 2.05) is 4.90 Å². The van der Waals surface area contributed by atoms with Gasteiger partial charge in [0.05, 0.1) is 5.56 Å². The largest absolute Gasteiger partial charge is 0.418 e. The Morgan fingerprint density at radius 1 is 1.18 bits per heavy atom. The molecule has 0 amide bonds. The van der Waals surface area contributed by atoms with E-state index in [1.54, 1.807) is 18.3 Å². The van der Waals surface area contributed by atoms with Crippen LogP contribution in [-0.4, -0.2) is 39.8 Å². The van der Waals surface area contributed by atoms with Crippen molar-refractivity contribution in [1.29, 1.82) is 0 Å². The highest BCUT2D eigenvalue weighted by molar-refractivity contribution is 5.90. The molecule has 148 valence electrons. The van der Waals surface area contributed by atoms with Crippen LogP contribution in [0, 0.1) is 5.41 Å². The smallest absolute Gasteiger partial charge is 0.357 e. The van der Waals surface area contributed by atoms with Crippen LogP contribution in [0.1, 0.15) is 25.3 Å². The Labute approximate surface area is 160 Å². The highest BCUT2D eigenvalue weighted by Gasteiger charge is 2.37. The van der Waals surface area contributed by atoms with Gasteiger partial charge < -0.3 is 10.6 Å². The van der Waals surface area contributed by atoms with Crippen molar-refractivity contribution in [1.82, 2.24) is 20.2 Å². The second-order valence-electron chi connectivity index (χ2n) is 7.54. The van der Waals surface area contributed by atoms with Crippen molar-refractivity contribution in [2.45, 2.75) is 25.9 Å². The fourth-order valence-electron chi connectivity index (χ4n) is 3.55. The second kappa shape index (κ2) is 6.73. The topological polar surface area (TPSA) is 83.7 Å². The predicted molar refractivity (Wildman–Crippen MR) is 101 cm³/mol. The van der Waals surface area contributed by atoms with Crippen LogP contribution >= 0.6 is 0 Å². The summed E-state index contributed by atoms with van der Waals surface area (Å²) in [5.41, 5.74) is 5.51. The number of aromatic nitrogens is 4. The number of piperidine rings is 1. The average Bonchev–Trinajstić information content (AvgIpc) is 3.11. The van der Waals surface area contributed by atoms with Crippen LogP contribution in [0.25, 0.3) is 22.4 Å². The summed E-state index contributed by atoms with van der Waals surface area (Å²) in [6.45, 7) is 4.14. The lowest BCUT2D eigenvalue weighted by Gasteiger charge is -2.39. The van der Waals surface area contributed by atoms with E-state index in [1.165, 1.54) is 6.07 Å². The maximum absolute atomic E-state index is 13.6. The molecule has 0 spiro atoms. The minimum atomic E-state index is -4.53. The SMILES string of the molecule is CC1(CN)CCN(c2ccc(C(F)(F)F)c(-c3n[nH]c4ncccc34)n2)CC1. The van der Waals surface area contributed by atoms with Crippen molar-refractivity contribution < 1.29 is 13.2 Å². The Morgan fingerprint density at radius 3 is 2.61 bits per heavy atom. The number of aromatic amines is 1. The first-order chi connectivity index (χ1) is 13.3. The molecular weight excluding hydrogens is 369 g/mol. The van der Waals surface area contributed by atoms with Crippen molar-refractivity contribution in [2.24, 2.45) is 11.1 Å². The summed E-state index contributed by atoms with van der Waals surface area (Å²) < 4.78 is 40.9. The quantitative estimate of drug-likeness (QED) is 0.714. The summed E-state index contributed by atoms with van der Waals surface area (Å²) in [6.07, 6.45) is -1.23. The zero-order valence-corrected chi connectivity index (χ0v) is 15.4. The molecule has 1 fully saturated rings. The van der Waals surface area contributed by atoms with E-state index in [0.717, 1.165) is 18.9 Å². The Morgan fingerprint density at radius 2 is 1.93 bits per heavy atom. The van der Waals surface area contributed by atoms with Crippen molar-refractivity contribution in [3.63, 3.8) is 0 Å². The van der Waals surface area contributed by atoms with Gasteiger partial charge in [-0.15, -0.1) is 0 Å². The number of rotatable bonds is 3. The Balaban J connectivity index is 1.77. The number of hydrogen-bond donors (Lipinski definition) is 2. The molecule has 0 bridgehead atoms. The molecule has 9 heteroatoms. The zero-order chi connectivity index (χ0) is 19.9. The third kappa shape index (κ3) is 3.30. The zero-order valence-electron chi connectivity index (χ0n) is 15.4. The second-order valence-corrected chi connectivity index (χ2v) is 7.54. The summed E-state index contributed by atoms with van der Waals surface area (Å²) >= 11 is 0. The lowest BCUT2D eigenvalue weighted by Crippen LogP contribution is -2.42. The van der Waals surface area contributed by atoms with Gasteiger partial charge in [0.25, 0.3) is 0 Å². The predicted octanol–water partition coefficient (Wildman–Crippen LogP) is 3.60. The van der Waals surface area contributed by atoms with Crippen molar-refractivity contribution in [2.75, 3.05) is 24.5 Å². The van der Waals surface area contributed by atoms with Gasteiger partial charge in [-0.1, -0.05) is 6.92 Å². The number of fused-ring (bicyclic) bond motifs is 1. The van der Waals surface area contributed by atoms with Crippen molar-refractivity contribution in [3.05, 3.63) is 36.0 Å². The van der Waals surface area contributed by atoms with Gasteiger partial charge >= 0.3 is 6.18 Å². The van der Waals surface area contributed by atoms with Gasteiger partial charge in [-0.25, -0.2) is 9.97 Å². The van der Waals surface area contributed by atoms with E-state index < -0.39 is 11.7 Å². The Kier molecular flexibility index (Phi) is 4.49. The number of halogens is 3. The van der Waals surface area contributed by atoms with Crippen LogP contribution in [0.2, 0.25) is 0 Å². The summed E-state index contributed by atoms with van der Waals surface area (Å²) in [5, 5.41) is 7.27. The number of nitrogens with two attached hydrogens (primary N) is 1. The molecule has 3 aromatic rings. The minimum absolute atomic E-state index is 0.0648. The highest BCUT2D eigenvalue weighted by atomic mass is 19.4. The highest BCUT2D eigenvalue weighted by Crippen LogP contribution is 2.39. The van der Waals surface area contributed by atoms with Crippen molar-refractivity contribution >= 4 is 16.9 Å². The lowest BCUT2D eigenvalue weighted by molar-refractivity contribution is -0.137. The van der Waals surface area contributed by atoms with Gasteiger partial charge in [0.1, 0.15) is 17.2 Å². The Hall–Kier alpha value is -2.68. The van der Waals surface area contributed by atoms with Crippen LogP contribution in [0.4, 0.5) is 19.0 Å². The van der Waals surface area contributed by atoms with E-state index in [-0.39, 0.29) is 16.8 Å². The molecule has 1 aliphatic rings. The number of nitrogens with zero attached hydrogens (tertiary/aromatic N) is 4. The summed E-state index contributed by atoms with van der Waals surface area (Å²) in [4.78, 5) is 10.5. The van der Waals surface area contributed by atoms with Crippen LogP contribution < -0.4 is 10.6 Å². The number of pyridine rings is 2. The van der Waals surface area contributed by atoms with E-state index in [4.69, 9.17) is 5.73 Å². The number of H-pyrrole nitrogens is 1. The van der Waals surface area contributed by atoms with Gasteiger partial charge in [-0.3, -0.25) is 5.10 Å². The molecule has 0 atom stereocenters. The number of alkyl halides is 3. The monoisotopic (exact) mass is 390 g/mol. The van der Waals surface area contributed by atoms with Crippen LogP contribution in [-0.2, 0) is 6.18 Å². The van der Waals surface area contributed by atoms with Gasteiger partial charge in [0.2, 0.25) is 0 Å². The first kappa shape index (κ1) is 18.7. The molecule has 4 heterocycles. The van der Waals surface area contributed by atoms with Gasteiger partial charge in [0, 0.05) is 24.7 Å². The molecule has 1 saturated heterocycles. The molecule has 4 rings (SSSR count). The van der Waals surface area contributed by atoms with E-state index >= 15 is 0 Å². The van der Waals surface area contributed by atoms with Crippen LogP contribution in [0.15, 0.2) is 30.5 Å². The fraction of sp³-hybridized carbons (Fsp3) is 0.421. The summed E-state index contributed by atoms with van der Waals surface area (Å²) in [6, 6.07) is 5.87. The third-order valence-electron chi connectivity index (χ3n) is 5.53. The molecule has 3 aromatic heterocycles. The minimum Gasteiger partial charge on any atom is -0.357 e. The third-order valence-corrected chi connectivity index (χ3v) is 5.53. The van der Waals surface area contributed by atoms with Gasteiger partial charge in [-0.2, -0.15) is 18.3 Å². The van der Waals surface area contributed by atoms with E-state index in [9.17, 15) is 13.2 Å². The van der Waals surface area contributed by atoms with E-state index in [2.05, 4.69) is 27.1 Å². The number of anilines is 1. The standard InChI is InChI=1S/C19H21F3N6/c1-18(11-23)6-9-28(10-7-18)14-5-4-13(19(20,21)22)16(25-14)15-12-3-2-8-24-17(12)27-26-15/h2-5,8H,6-7,9-11,23H2,1H3,(H,24,26,27). The molecule has 0 aliphatic carbocycles. The summed E-state index contributed by atoms with van der Waals surface area (Å²) in [5.74, 6) is 0.516. The molecule has 0 saturated carbocycles. The van der Waals surface area contributed by atoms with Gasteiger partial charge in [0.15, 0.2) is 5.65 Å². The maximum atomic E-state index is 13.6. The normalized spacial score (nSPS) is 17.2. The number of nitrogens with one attached hydrogen (secondary N) is 1. The maximum Gasteiger partial charge on any atom is 0.418 e. The van der Waals surface area contributed by atoms with E-state index in [0.29, 0.717) is 36.5 Å². The molecular formula is C19H21F3N6. The fourth-order valence-corrected chi connectivity index (χ4v) is 3.55. The van der Waals surface area contributed by atoms with Crippen LogP contribution in [0.5, 0.6) is 0 Å². The molecule has 0 radical (unpaired) electrons.